The molecule has 118 valence electrons. The van der Waals surface area contributed by atoms with Crippen LogP contribution in [0.25, 0.3) is 10.9 Å². The third-order valence-corrected chi connectivity index (χ3v) is 3.65. The van der Waals surface area contributed by atoms with Crippen molar-refractivity contribution in [1.82, 2.24) is 9.78 Å². The molecule has 0 aliphatic heterocycles. The van der Waals surface area contributed by atoms with Gasteiger partial charge in [-0.15, -0.1) is 0 Å². The third-order valence-electron chi connectivity index (χ3n) is 3.65. The molecule has 0 aliphatic rings. The summed E-state index contributed by atoms with van der Waals surface area (Å²) in [5.74, 6) is 0.669. The van der Waals surface area contributed by atoms with Crippen molar-refractivity contribution in [2.45, 2.75) is 32.7 Å². The number of hydrogen-bond acceptors (Lipinski definition) is 4. The molecule has 0 bridgehead atoms. The molecular formula is C17H23N3O2. The van der Waals surface area contributed by atoms with Gasteiger partial charge >= 0.3 is 0 Å². The number of aromatic nitrogens is 2. The molecule has 2 rings (SSSR count). The van der Waals surface area contributed by atoms with E-state index < -0.39 is 0 Å². The first-order valence-electron chi connectivity index (χ1n) is 7.49. The van der Waals surface area contributed by atoms with Crippen LogP contribution in [-0.4, -0.2) is 29.2 Å². The topological polar surface area (TPSA) is 70.1 Å². The molecule has 0 radical (unpaired) electrons. The van der Waals surface area contributed by atoms with Crippen LogP contribution in [-0.2, 0) is 6.54 Å². The Morgan fingerprint density at radius 2 is 2.18 bits per heavy atom. The largest absolute Gasteiger partial charge is 0.497 e. The van der Waals surface area contributed by atoms with E-state index in [1.165, 1.54) is 6.92 Å². The molecule has 5 nitrogen and oxygen atoms in total. The van der Waals surface area contributed by atoms with Crippen LogP contribution >= 0.6 is 0 Å². The summed E-state index contributed by atoms with van der Waals surface area (Å²) >= 11 is 0. The van der Waals surface area contributed by atoms with Crippen LogP contribution in [0.2, 0.25) is 0 Å². The lowest BCUT2D eigenvalue weighted by Crippen LogP contribution is -2.05. The van der Waals surface area contributed by atoms with Gasteiger partial charge in [0.2, 0.25) is 0 Å². The van der Waals surface area contributed by atoms with Gasteiger partial charge in [0.15, 0.2) is 5.78 Å². The van der Waals surface area contributed by atoms with Gasteiger partial charge in [-0.25, -0.2) is 0 Å². The normalized spacial score (nSPS) is 10.9. The highest BCUT2D eigenvalue weighted by molar-refractivity contribution is 6.05. The van der Waals surface area contributed by atoms with E-state index in [0.29, 0.717) is 18.8 Å². The van der Waals surface area contributed by atoms with Gasteiger partial charge in [-0.1, -0.05) is 12.2 Å². The molecule has 5 heteroatoms. The van der Waals surface area contributed by atoms with E-state index >= 15 is 0 Å². The Kier molecular flexibility index (Phi) is 5.33. The molecule has 0 saturated carbocycles. The predicted molar refractivity (Wildman–Crippen MR) is 88.3 cm³/mol. The number of methoxy groups -OCH3 is 1. The van der Waals surface area contributed by atoms with Crippen LogP contribution < -0.4 is 10.5 Å². The summed E-state index contributed by atoms with van der Waals surface area (Å²) in [4.78, 5) is 11.8. The van der Waals surface area contributed by atoms with Gasteiger partial charge in [0.05, 0.1) is 19.2 Å². The number of nitrogens with zero attached hydrogens (tertiary/aromatic N) is 2. The van der Waals surface area contributed by atoms with Gasteiger partial charge in [-0.05, 0) is 44.0 Å². The maximum Gasteiger partial charge on any atom is 0.180 e. The first-order chi connectivity index (χ1) is 10.6. The van der Waals surface area contributed by atoms with Gasteiger partial charge in [0.1, 0.15) is 11.4 Å². The zero-order valence-electron chi connectivity index (χ0n) is 13.3. The van der Waals surface area contributed by atoms with Crippen LogP contribution in [0.3, 0.4) is 0 Å². The smallest absolute Gasteiger partial charge is 0.180 e. The number of Topliss-reactive ketones (excluding diaryl/α,β-unsaturated/α-hetero) is 1. The second-order valence-corrected chi connectivity index (χ2v) is 5.44. The third kappa shape index (κ3) is 3.54. The molecular weight excluding hydrogens is 278 g/mol. The molecule has 0 amide bonds. The van der Waals surface area contributed by atoms with E-state index in [1.54, 1.807) is 7.11 Å². The van der Waals surface area contributed by atoms with Crippen molar-refractivity contribution >= 4 is 16.7 Å². The van der Waals surface area contributed by atoms with Crippen molar-refractivity contribution in [3.8, 4) is 5.75 Å². The van der Waals surface area contributed by atoms with Crippen molar-refractivity contribution in [3.05, 3.63) is 36.0 Å². The number of fused-ring (bicyclic) bond motifs is 1. The van der Waals surface area contributed by atoms with Crippen molar-refractivity contribution in [2.24, 2.45) is 5.73 Å². The minimum atomic E-state index is -0.0502. The highest BCUT2D eigenvalue weighted by Gasteiger charge is 2.15. The standard InChI is InChI=1S/C17H23N3O2/c1-12(6-4-5-9-18)11-20-16-8-7-14(22-3)10-15(16)17(19-20)13(2)21/h7-8,10H,1,4-6,9,11,18H2,2-3H3. The van der Waals surface area contributed by atoms with E-state index in [1.807, 2.05) is 22.9 Å². The first kappa shape index (κ1) is 16.2. The summed E-state index contributed by atoms with van der Waals surface area (Å²) < 4.78 is 7.08. The van der Waals surface area contributed by atoms with E-state index in [-0.39, 0.29) is 5.78 Å². The Labute approximate surface area is 130 Å². The molecule has 1 aromatic carbocycles. The number of carbonyl (C=O) groups excluding carboxylic acids is 1. The second-order valence-electron chi connectivity index (χ2n) is 5.44. The molecule has 2 N–H and O–H groups in total. The molecule has 0 unspecified atom stereocenters. The van der Waals surface area contributed by atoms with Gasteiger partial charge in [0, 0.05) is 12.3 Å². The van der Waals surface area contributed by atoms with Crippen LogP contribution in [0, 0.1) is 0 Å². The monoisotopic (exact) mass is 301 g/mol. The van der Waals surface area contributed by atoms with E-state index in [2.05, 4.69) is 11.7 Å². The van der Waals surface area contributed by atoms with Crippen molar-refractivity contribution in [3.63, 3.8) is 0 Å². The average Bonchev–Trinajstić information content (AvgIpc) is 2.85. The number of hydrogen-bond donors (Lipinski definition) is 1. The highest BCUT2D eigenvalue weighted by atomic mass is 16.5. The molecule has 0 saturated heterocycles. The Morgan fingerprint density at radius 3 is 2.82 bits per heavy atom. The number of ketones is 1. The maximum atomic E-state index is 11.8. The van der Waals surface area contributed by atoms with E-state index in [0.717, 1.165) is 41.5 Å². The summed E-state index contributed by atoms with van der Waals surface area (Å²) in [6.07, 6.45) is 2.95. The number of unbranched alkanes of at least 4 members (excludes halogenated alkanes) is 1. The molecule has 1 heterocycles. The van der Waals surface area contributed by atoms with Crippen LogP contribution in [0.4, 0.5) is 0 Å². The highest BCUT2D eigenvalue weighted by Crippen LogP contribution is 2.25. The molecule has 0 atom stereocenters. The molecule has 2 aromatic rings. The Hall–Kier alpha value is -2.14. The summed E-state index contributed by atoms with van der Waals surface area (Å²) in [5.41, 5.74) is 7.99. The number of benzene rings is 1. The average molecular weight is 301 g/mol. The van der Waals surface area contributed by atoms with Gasteiger partial charge in [-0.3, -0.25) is 9.48 Å². The summed E-state index contributed by atoms with van der Waals surface area (Å²) in [6, 6.07) is 5.66. The molecule has 0 spiro atoms. The van der Waals surface area contributed by atoms with E-state index in [4.69, 9.17) is 10.5 Å². The molecule has 0 aliphatic carbocycles. The lowest BCUT2D eigenvalue weighted by atomic mass is 10.1. The Bertz CT molecular complexity index is 689. The number of ether oxygens (including phenoxy) is 1. The van der Waals surface area contributed by atoms with Gasteiger partial charge in [0.25, 0.3) is 0 Å². The number of allylic oxidation sites excluding steroid dienone is 1. The summed E-state index contributed by atoms with van der Waals surface area (Å²) in [5, 5.41) is 5.28. The minimum Gasteiger partial charge on any atom is -0.497 e. The van der Waals surface area contributed by atoms with Crippen molar-refractivity contribution in [2.75, 3.05) is 13.7 Å². The first-order valence-corrected chi connectivity index (χ1v) is 7.49. The predicted octanol–water partition coefficient (Wildman–Crippen LogP) is 2.93. The number of rotatable bonds is 8. The molecule has 0 fully saturated rings. The fourth-order valence-corrected chi connectivity index (χ4v) is 2.48. The Morgan fingerprint density at radius 1 is 1.41 bits per heavy atom. The van der Waals surface area contributed by atoms with Crippen LogP contribution in [0.1, 0.15) is 36.7 Å². The van der Waals surface area contributed by atoms with Gasteiger partial charge in [-0.2, -0.15) is 5.10 Å². The molecule has 22 heavy (non-hydrogen) atoms. The van der Waals surface area contributed by atoms with Crippen molar-refractivity contribution < 1.29 is 9.53 Å². The lowest BCUT2D eigenvalue weighted by Gasteiger charge is -2.07. The second kappa shape index (κ2) is 7.22. The summed E-state index contributed by atoms with van der Waals surface area (Å²) in [7, 11) is 1.61. The van der Waals surface area contributed by atoms with Crippen LogP contribution in [0.5, 0.6) is 5.75 Å². The fourth-order valence-electron chi connectivity index (χ4n) is 2.48. The zero-order chi connectivity index (χ0) is 16.1. The fraction of sp³-hybridized carbons (Fsp3) is 0.412. The minimum absolute atomic E-state index is 0.0502. The molecule has 1 aromatic heterocycles. The maximum absolute atomic E-state index is 11.8. The van der Waals surface area contributed by atoms with Crippen LogP contribution in [0.15, 0.2) is 30.4 Å². The van der Waals surface area contributed by atoms with Crippen molar-refractivity contribution in [1.29, 1.82) is 0 Å². The van der Waals surface area contributed by atoms with Gasteiger partial charge < -0.3 is 10.5 Å². The number of carbonyl (C=O) groups is 1. The lowest BCUT2D eigenvalue weighted by molar-refractivity contribution is 0.101. The quantitative estimate of drug-likeness (QED) is 0.462. The Balaban J connectivity index is 2.30. The zero-order valence-corrected chi connectivity index (χ0v) is 13.3. The van der Waals surface area contributed by atoms with E-state index in [9.17, 15) is 4.79 Å². The number of nitrogens with two attached hydrogens (primary N) is 1. The summed E-state index contributed by atoms with van der Waals surface area (Å²) in [6.45, 7) is 6.95. The SMILES string of the molecule is C=C(CCCCN)Cn1nc(C(C)=O)c2cc(OC)ccc21.